The molecule has 3 rings (SSSR count). The molecule has 1 heterocycles. The van der Waals surface area contributed by atoms with Crippen molar-refractivity contribution in [1.29, 1.82) is 0 Å². The standard InChI is InChI=1S/C52H71N7O12/c1-29(2)25-40-50(66)58-44(52(69)70)33(6)46(62)56-41(27-36-17-13-11-14-18-36)49(65)54-38(22-21-30(3)26-31(4)42(71-10)28-37-19-15-12-16-20-37)32(5)45(61)55-39(51(67)68)23-24-43(60)59(9)35(8)48(64)53-34(7)47(63)57-40/h11-22,26,29,31-34,38-42,44H,8,23-25,27-28H2,1-7,9-10H3,(H,53,64)(H,54,65)(H,55,61)(H,56,62)(H,57,63)(H,58,66)(H,67,68)(H,69,70)/b22-21+,30-26+/t31-,32-,33-,34-,38?,39-,40-,41?,42-,44?/m0/s1. The summed E-state index contributed by atoms with van der Waals surface area (Å²) in [4.78, 5) is 122. The molecule has 0 radical (unpaired) electrons. The first kappa shape index (κ1) is 58.2. The molecule has 386 valence electrons. The Morgan fingerprint density at radius 2 is 1.31 bits per heavy atom. The average molecular weight is 986 g/mol. The van der Waals surface area contributed by atoms with Crippen LogP contribution in [-0.2, 0) is 60.7 Å². The fraction of sp³-hybridized carbons (Fsp3) is 0.481. The number of nitrogens with one attached hydrogen (secondary N) is 6. The molecule has 1 aliphatic heterocycles. The maximum absolute atomic E-state index is 14.5. The van der Waals surface area contributed by atoms with Gasteiger partial charge in [-0.2, -0.15) is 0 Å². The lowest BCUT2D eigenvalue weighted by Crippen LogP contribution is -2.59. The third kappa shape index (κ3) is 18.3. The summed E-state index contributed by atoms with van der Waals surface area (Å²) >= 11 is 0. The summed E-state index contributed by atoms with van der Waals surface area (Å²) in [5.74, 6) is -12.1. The number of carbonyl (C=O) groups is 9. The second-order valence-corrected chi connectivity index (χ2v) is 18.5. The zero-order valence-corrected chi connectivity index (χ0v) is 42.0. The van der Waals surface area contributed by atoms with Gasteiger partial charge in [0, 0.05) is 32.9 Å². The minimum Gasteiger partial charge on any atom is -0.480 e. The minimum absolute atomic E-state index is 0.0213. The molecular formula is C52H71N7O12. The third-order valence-corrected chi connectivity index (χ3v) is 12.3. The van der Waals surface area contributed by atoms with E-state index in [1.165, 1.54) is 27.8 Å². The van der Waals surface area contributed by atoms with E-state index in [4.69, 9.17) is 4.74 Å². The van der Waals surface area contributed by atoms with Crippen molar-refractivity contribution < 1.29 is 58.1 Å². The highest BCUT2D eigenvalue weighted by molar-refractivity contribution is 6.00. The van der Waals surface area contributed by atoms with Crippen molar-refractivity contribution in [2.75, 3.05) is 14.2 Å². The number of amides is 7. The molecule has 19 heteroatoms. The van der Waals surface area contributed by atoms with Gasteiger partial charge in [-0.1, -0.05) is 126 Å². The number of likely N-dealkylation sites (N-methyl/N-ethyl adjacent to an activating group) is 1. The predicted octanol–water partition coefficient (Wildman–Crippen LogP) is 2.81. The fourth-order valence-electron chi connectivity index (χ4n) is 7.74. The van der Waals surface area contributed by atoms with Crippen LogP contribution < -0.4 is 31.9 Å². The number of rotatable bonds is 13. The van der Waals surface area contributed by atoms with Crippen molar-refractivity contribution in [3.63, 3.8) is 0 Å². The quantitative estimate of drug-likeness (QED) is 0.106. The molecule has 3 unspecified atom stereocenters. The van der Waals surface area contributed by atoms with Crippen LogP contribution in [0.3, 0.4) is 0 Å². The highest BCUT2D eigenvalue weighted by atomic mass is 16.5. The average Bonchev–Trinajstić information content (AvgIpc) is 3.32. The van der Waals surface area contributed by atoms with Crippen LogP contribution in [0.4, 0.5) is 0 Å². The summed E-state index contributed by atoms with van der Waals surface area (Å²) in [7, 11) is 2.85. The molecule has 0 saturated carbocycles. The van der Waals surface area contributed by atoms with E-state index in [1.54, 1.807) is 63.4 Å². The number of hydrogen-bond acceptors (Lipinski definition) is 10. The molecule has 0 aliphatic carbocycles. The molecule has 0 spiro atoms. The molecule has 1 fully saturated rings. The van der Waals surface area contributed by atoms with E-state index in [0.29, 0.717) is 12.0 Å². The molecule has 0 bridgehead atoms. The Hall–Kier alpha value is -7.15. The van der Waals surface area contributed by atoms with Gasteiger partial charge in [-0.15, -0.1) is 0 Å². The number of carboxylic acid groups (broad SMARTS) is 2. The molecule has 8 N–H and O–H groups in total. The summed E-state index contributed by atoms with van der Waals surface area (Å²) in [5, 5.41) is 35.8. The van der Waals surface area contributed by atoms with Gasteiger partial charge < -0.3 is 51.8 Å². The van der Waals surface area contributed by atoms with Gasteiger partial charge in [0.15, 0.2) is 0 Å². The van der Waals surface area contributed by atoms with Crippen LogP contribution in [0.25, 0.3) is 0 Å². The van der Waals surface area contributed by atoms with Crippen LogP contribution in [-0.4, -0.2) is 125 Å². The Morgan fingerprint density at radius 3 is 1.87 bits per heavy atom. The van der Waals surface area contributed by atoms with Crippen molar-refractivity contribution in [3.8, 4) is 0 Å². The lowest BCUT2D eigenvalue weighted by atomic mass is 9.94. The number of hydrogen-bond donors (Lipinski definition) is 8. The van der Waals surface area contributed by atoms with Crippen LogP contribution >= 0.6 is 0 Å². The van der Waals surface area contributed by atoms with Gasteiger partial charge in [-0.05, 0) is 50.2 Å². The van der Waals surface area contributed by atoms with Crippen LogP contribution in [0.15, 0.2) is 96.7 Å². The molecule has 1 saturated heterocycles. The molecule has 19 nitrogen and oxygen atoms in total. The lowest BCUT2D eigenvalue weighted by Gasteiger charge is -2.29. The molecular weight excluding hydrogens is 915 g/mol. The van der Waals surface area contributed by atoms with Gasteiger partial charge in [0.1, 0.15) is 35.9 Å². The van der Waals surface area contributed by atoms with Gasteiger partial charge >= 0.3 is 11.9 Å². The predicted molar refractivity (Wildman–Crippen MR) is 265 cm³/mol. The van der Waals surface area contributed by atoms with Gasteiger partial charge in [0.05, 0.1) is 24.0 Å². The van der Waals surface area contributed by atoms with E-state index < -0.39 is 120 Å². The van der Waals surface area contributed by atoms with Crippen LogP contribution in [0.1, 0.15) is 78.9 Å². The third-order valence-electron chi connectivity index (χ3n) is 12.3. The Kier molecular flexibility index (Phi) is 22.8. The zero-order valence-electron chi connectivity index (χ0n) is 42.0. The van der Waals surface area contributed by atoms with E-state index in [0.717, 1.165) is 16.0 Å². The largest absolute Gasteiger partial charge is 0.480 e. The second kappa shape index (κ2) is 27.9. The highest BCUT2D eigenvalue weighted by Gasteiger charge is 2.37. The van der Waals surface area contributed by atoms with E-state index in [2.05, 4.69) is 38.5 Å². The van der Waals surface area contributed by atoms with Crippen molar-refractivity contribution in [2.45, 2.75) is 123 Å². The number of allylic oxidation sites excluding steroid dienone is 2. The monoisotopic (exact) mass is 986 g/mol. The van der Waals surface area contributed by atoms with E-state index >= 15 is 0 Å². The molecule has 2 aromatic rings. The Labute approximate surface area is 415 Å². The highest BCUT2D eigenvalue weighted by Crippen LogP contribution is 2.19. The topological polar surface area (TPSA) is 279 Å². The molecule has 1 aliphatic rings. The summed E-state index contributed by atoms with van der Waals surface area (Å²) < 4.78 is 5.83. The number of ether oxygens (including phenoxy) is 1. The van der Waals surface area contributed by atoms with Gasteiger partial charge in [0.2, 0.25) is 35.4 Å². The van der Waals surface area contributed by atoms with Crippen LogP contribution in [0.5, 0.6) is 0 Å². The van der Waals surface area contributed by atoms with Crippen molar-refractivity contribution in [2.24, 2.45) is 23.7 Å². The van der Waals surface area contributed by atoms with Crippen LogP contribution in [0, 0.1) is 23.7 Å². The molecule has 10 atom stereocenters. The maximum atomic E-state index is 14.5. The van der Waals surface area contributed by atoms with Crippen LogP contribution in [0.2, 0.25) is 0 Å². The van der Waals surface area contributed by atoms with Gasteiger partial charge in [0.25, 0.3) is 5.91 Å². The Bertz CT molecular complexity index is 2290. The number of nitrogens with zero attached hydrogens (tertiary/aromatic N) is 1. The van der Waals surface area contributed by atoms with Crippen molar-refractivity contribution >= 4 is 53.3 Å². The van der Waals surface area contributed by atoms with E-state index in [1.807, 2.05) is 50.3 Å². The first-order valence-electron chi connectivity index (χ1n) is 23.6. The molecule has 0 aromatic heterocycles. The number of aliphatic carboxylic acids is 2. The first-order chi connectivity index (χ1) is 33.4. The fourth-order valence-corrected chi connectivity index (χ4v) is 7.74. The Morgan fingerprint density at radius 1 is 0.746 bits per heavy atom. The first-order valence-corrected chi connectivity index (χ1v) is 23.6. The summed E-state index contributed by atoms with van der Waals surface area (Å²) in [6.07, 6.45) is 4.66. The van der Waals surface area contributed by atoms with E-state index in [9.17, 15) is 53.4 Å². The summed E-state index contributed by atoms with van der Waals surface area (Å²) in [6, 6.07) is 9.78. The Balaban J connectivity index is 2.14. The van der Waals surface area contributed by atoms with Gasteiger partial charge in [-0.3, -0.25) is 33.6 Å². The van der Waals surface area contributed by atoms with Crippen molar-refractivity contribution in [3.05, 3.63) is 108 Å². The number of carboxylic acids is 2. The SMILES string of the molecule is C=C1C(=O)N[C@@H](C)C(=O)N[C@@H](CC(C)C)C(=O)NC(C(=O)O)[C@H](C)C(=O)NC(Cc2ccccc2)C(=O)NC(/C=C/C(C)=C/[C@H](C)[C@H](Cc2ccccc2)OC)[C@H](C)C(=O)N[C@H](C(=O)O)CCC(=O)N1C. The van der Waals surface area contributed by atoms with Crippen molar-refractivity contribution in [1.82, 2.24) is 36.8 Å². The number of benzene rings is 2. The molecule has 71 heavy (non-hydrogen) atoms. The lowest BCUT2D eigenvalue weighted by molar-refractivity contribution is -0.146. The summed E-state index contributed by atoms with van der Waals surface area (Å²) in [5.41, 5.74) is 2.01. The minimum atomic E-state index is -1.86. The smallest absolute Gasteiger partial charge is 0.327 e. The molecule has 2 aromatic carbocycles. The maximum Gasteiger partial charge on any atom is 0.327 e. The normalized spacial score (nSPS) is 25.4. The molecule has 7 amide bonds. The van der Waals surface area contributed by atoms with Gasteiger partial charge in [-0.25, -0.2) is 9.59 Å². The zero-order chi connectivity index (χ0) is 53.1. The second-order valence-electron chi connectivity index (χ2n) is 18.5. The number of methoxy groups -OCH3 is 1. The number of carbonyl (C=O) groups excluding carboxylic acids is 7. The summed E-state index contributed by atoms with van der Waals surface area (Å²) in [6.45, 7) is 15.0. The van der Waals surface area contributed by atoms with E-state index in [-0.39, 0.29) is 30.8 Å².